The van der Waals surface area contributed by atoms with E-state index in [1.54, 1.807) is 51.8 Å². The second-order valence-corrected chi connectivity index (χ2v) is 21.2. The Morgan fingerprint density at radius 2 is 1.70 bits per heavy atom. The SMILES string of the molecule is CC[C@H](C)[C@H]1O[C@]2(C=C[C@@H]1C)C[C@@H]1C[C@@H](C/C=C(\C)[C@@H](O[C@H]3C[C@H](OC)[C@@H](O[C@@H]4C[C@@H](OC)[C@@H](NCc5cnccc5Cl)[C@@H](C)O4)[C@H](C)O3)[C@@H](C)/C=C/C=C3\CO[C@@H]4[C@H](O)C(C)=C[C@@H](C(=O)O1)[C@]34O)O2. The first-order valence-electron chi connectivity index (χ1n) is 25.5. The predicted octanol–water partition coefficient (Wildman–Crippen LogP) is 7.22. The summed E-state index contributed by atoms with van der Waals surface area (Å²) in [5, 5.41) is 28.1. The number of aliphatic hydroxyl groups excluding tert-OH is 1. The van der Waals surface area contributed by atoms with Crippen LogP contribution in [0.1, 0.15) is 99.5 Å². The Bertz CT molecular complexity index is 2130. The van der Waals surface area contributed by atoms with E-state index >= 15 is 0 Å². The van der Waals surface area contributed by atoms with Gasteiger partial charge in [0.2, 0.25) is 0 Å². The third-order valence-corrected chi connectivity index (χ3v) is 16.3. The summed E-state index contributed by atoms with van der Waals surface area (Å²) >= 11 is 6.42. The molecular weight excluding hydrogens is 920 g/mol. The molecule has 1 spiro atoms. The van der Waals surface area contributed by atoms with E-state index in [1.165, 1.54) is 0 Å². The summed E-state index contributed by atoms with van der Waals surface area (Å²) in [4.78, 5) is 18.6. The third kappa shape index (κ3) is 11.3. The number of pyridine rings is 1. The van der Waals surface area contributed by atoms with E-state index in [1.807, 2.05) is 32.1 Å². The smallest absolute Gasteiger partial charge is 0.316 e. The van der Waals surface area contributed by atoms with E-state index in [0.717, 1.165) is 17.6 Å². The number of esters is 1. The molecule has 7 heterocycles. The minimum absolute atomic E-state index is 0.0301. The molecule has 0 aromatic carbocycles. The van der Waals surface area contributed by atoms with Gasteiger partial charge < -0.3 is 62.9 Å². The van der Waals surface area contributed by atoms with Crippen LogP contribution in [0.2, 0.25) is 5.02 Å². The second-order valence-electron chi connectivity index (χ2n) is 20.8. The number of ether oxygens (including phenoxy) is 10. The van der Waals surface area contributed by atoms with Crippen LogP contribution < -0.4 is 5.32 Å². The van der Waals surface area contributed by atoms with Crippen molar-refractivity contribution >= 4 is 17.6 Å². The fourth-order valence-electron chi connectivity index (χ4n) is 11.6. The van der Waals surface area contributed by atoms with Gasteiger partial charge in [-0.05, 0) is 68.9 Å². The van der Waals surface area contributed by atoms with Gasteiger partial charge >= 0.3 is 5.97 Å². The van der Waals surface area contributed by atoms with Gasteiger partial charge in [0.1, 0.15) is 35.9 Å². The number of rotatable bonds is 11. The number of carbonyl (C=O) groups excluding carboxylic acids is 1. The Balaban J connectivity index is 1.02. The molecule has 16 heteroatoms. The minimum Gasteiger partial charge on any atom is -0.462 e. The molecular formula is C54H77ClN2O13. The Hall–Kier alpha value is -2.87. The van der Waals surface area contributed by atoms with Crippen molar-refractivity contribution in [3.63, 3.8) is 0 Å². The maximum absolute atomic E-state index is 14.4. The molecule has 20 atom stereocenters. The van der Waals surface area contributed by atoms with Gasteiger partial charge in [0, 0.05) is 81.3 Å². The van der Waals surface area contributed by atoms with Gasteiger partial charge in [-0.3, -0.25) is 9.78 Å². The summed E-state index contributed by atoms with van der Waals surface area (Å²) in [7, 11) is 3.37. The van der Waals surface area contributed by atoms with Crippen molar-refractivity contribution in [2.75, 3.05) is 20.8 Å². The molecule has 1 aromatic heterocycles. The molecule has 0 radical (unpaired) electrons. The van der Waals surface area contributed by atoms with Crippen molar-refractivity contribution < 1.29 is 62.4 Å². The largest absolute Gasteiger partial charge is 0.462 e. The number of nitrogens with one attached hydrogen (secondary N) is 1. The van der Waals surface area contributed by atoms with Gasteiger partial charge in [0.05, 0.1) is 55.4 Å². The first kappa shape index (κ1) is 53.4. The fourth-order valence-corrected chi connectivity index (χ4v) is 11.8. The second kappa shape index (κ2) is 22.7. The van der Waals surface area contributed by atoms with E-state index in [-0.39, 0.29) is 54.8 Å². The zero-order chi connectivity index (χ0) is 50.1. The van der Waals surface area contributed by atoms with Crippen molar-refractivity contribution in [3.05, 3.63) is 88.3 Å². The van der Waals surface area contributed by atoms with Gasteiger partial charge in [-0.25, -0.2) is 0 Å². The van der Waals surface area contributed by atoms with Crippen LogP contribution in [0.3, 0.4) is 0 Å². The topological polar surface area (TPSA) is 175 Å². The Morgan fingerprint density at radius 3 is 2.44 bits per heavy atom. The molecule has 6 aliphatic heterocycles. The molecule has 1 aliphatic carbocycles. The predicted molar refractivity (Wildman–Crippen MR) is 261 cm³/mol. The molecule has 3 N–H and O–H groups in total. The van der Waals surface area contributed by atoms with Gasteiger partial charge in [-0.2, -0.15) is 0 Å². The molecule has 4 fully saturated rings. The summed E-state index contributed by atoms with van der Waals surface area (Å²) < 4.78 is 65.3. The lowest BCUT2D eigenvalue weighted by Crippen LogP contribution is -2.58. The maximum atomic E-state index is 14.4. The highest BCUT2D eigenvalue weighted by Crippen LogP contribution is 2.47. The van der Waals surface area contributed by atoms with E-state index in [4.69, 9.17) is 59.0 Å². The van der Waals surface area contributed by atoms with Crippen molar-refractivity contribution in [1.29, 1.82) is 0 Å². The first-order chi connectivity index (χ1) is 33.5. The van der Waals surface area contributed by atoms with Crippen LogP contribution in [0, 0.1) is 23.7 Å². The van der Waals surface area contributed by atoms with E-state index in [9.17, 15) is 15.0 Å². The van der Waals surface area contributed by atoms with Crippen LogP contribution in [0.15, 0.2) is 77.7 Å². The summed E-state index contributed by atoms with van der Waals surface area (Å²) in [6, 6.07) is 1.66. The fraction of sp³-hybridized carbons (Fsp3) is 0.704. The van der Waals surface area contributed by atoms with Crippen molar-refractivity contribution in [2.24, 2.45) is 23.7 Å². The molecule has 8 rings (SSSR count). The van der Waals surface area contributed by atoms with Gasteiger partial charge in [0.15, 0.2) is 18.4 Å². The maximum Gasteiger partial charge on any atom is 0.316 e. The summed E-state index contributed by atoms with van der Waals surface area (Å²) in [5.74, 6) is -2.59. The normalized spacial score (nSPS) is 44.8. The number of aromatic nitrogens is 1. The Kier molecular flexibility index (Phi) is 17.3. The highest BCUT2D eigenvalue weighted by Gasteiger charge is 2.60. The molecule has 388 valence electrons. The van der Waals surface area contributed by atoms with E-state index < -0.39 is 78.6 Å². The number of fused-ring (bicyclic) bond motifs is 2. The summed E-state index contributed by atoms with van der Waals surface area (Å²) in [5.41, 5.74) is 1.03. The molecule has 7 aliphatic rings. The quantitative estimate of drug-likeness (QED) is 0.150. The Labute approximate surface area is 419 Å². The van der Waals surface area contributed by atoms with E-state index in [2.05, 4.69) is 57.1 Å². The van der Waals surface area contributed by atoms with Crippen molar-refractivity contribution in [1.82, 2.24) is 10.3 Å². The Morgan fingerprint density at radius 1 is 0.957 bits per heavy atom. The molecule has 0 saturated carbocycles. The zero-order valence-corrected chi connectivity index (χ0v) is 43.3. The number of aliphatic hydroxyl groups is 2. The standard InChI is InChI=1S/C54H77ClN2O13/c1-11-29(2)49-32(5)17-19-53(70-49)25-39-22-38(69-53)16-15-31(4)48(30(3)13-12-14-37-28-63-51-47(58)33(6)21-40(52(59)66-39)54(37,51)60)67-45-24-43(62-10)50(35(8)65-45)68-44-23-42(61-9)46(34(7)64-44)57-27-36-26-56-20-18-41(36)55/h12-15,17-21,26,29-30,32,34-35,38-40,42-51,57-58,60H,11,16,22-25,27-28H2,1-10H3/b13-12+,31-15+,37-14+/t29-,30-,32-,34+,35-,38+,39-,40-,42+,43-,44+,45-,46-,47+,48-,49+,50-,51+,53+,54+/m0/s1. The molecule has 0 amide bonds. The number of hydrogen-bond donors (Lipinski definition) is 3. The van der Waals surface area contributed by atoms with Crippen LogP contribution in [0.25, 0.3) is 0 Å². The van der Waals surface area contributed by atoms with Gasteiger partial charge in [-0.15, -0.1) is 0 Å². The van der Waals surface area contributed by atoms with Crippen LogP contribution >= 0.6 is 11.6 Å². The van der Waals surface area contributed by atoms with Gasteiger partial charge in [0.25, 0.3) is 0 Å². The number of nitrogens with zero attached hydrogens (tertiary/aromatic N) is 1. The van der Waals surface area contributed by atoms with Crippen LogP contribution in [-0.4, -0.2) is 139 Å². The van der Waals surface area contributed by atoms with Gasteiger partial charge in [-0.1, -0.05) is 82.2 Å². The minimum atomic E-state index is -1.84. The molecule has 4 saturated heterocycles. The lowest BCUT2D eigenvalue weighted by Gasteiger charge is -2.48. The molecule has 2 bridgehead atoms. The van der Waals surface area contributed by atoms with Crippen LogP contribution in [0.4, 0.5) is 0 Å². The number of halogens is 1. The molecule has 15 nitrogen and oxygen atoms in total. The van der Waals surface area contributed by atoms with E-state index in [0.29, 0.717) is 54.8 Å². The molecule has 1 aromatic rings. The van der Waals surface area contributed by atoms with Crippen LogP contribution in [0.5, 0.6) is 0 Å². The third-order valence-electron chi connectivity index (χ3n) is 15.9. The lowest BCUT2D eigenvalue weighted by atomic mass is 9.71. The number of methoxy groups -OCH3 is 2. The van der Waals surface area contributed by atoms with Crippen LogP contribution in [-0.2, 0) is 58.7 Å². The monoisotopic (exact) mass is 997 g/mol. The van der Waals surface area contributed by atoms with Crippen molar-refractivity contribution in [2.45, 2.75) is 198 Å². The average Bonchev–Trinajstić information content (AvgIpc) is 3.68. The zero-order valence-electron chi connectivity index (χ0n) is 42.5. The highest BCUT2D eigenvalue weighted by molar-refractivity contribution is 6.31. The lowest BCUT2D eigenvalue weighted by molar-refractivity contribution is -0.312. The highest BCUT2D eigenvalue weighted by atomic mass is 35.5. The van der Waals surface area contributed by atoms with Crippen molar-refractivity contribution in [3.8, 4) is 0 Å². The first-order valence-corrected chi connectivity index (χ1v) is 25.8. The number of allylic oxidation sites excluding steroid dienone is 2. The number of hydrogen-bond acceptors (Lipinski definition) is 15. The summed E-state index contributed by atoms with van der Waals surface area (Å²) in [6.07, 6.45) is 13.4. The summed E-state index contributed by atoms with van der Waals surface area (Å²) in [6.45, 7) is 16.9. The molecule has 0 unspecified atom stereocenters. The average molecular weight is 998 g/mol. The number of carbonyl (C=O) groups is 1. The molecule has 70 heavy (non-hydrogen) atoms.